The van der Waals surface area contributed by atoms with Crippen LogP contribution in [0.15, 0.2) is 130 Å². The molecule has 0 saturated heterocycles. The minimum atomic E-state index is -0.787. The molecule has 8 nitrogen and oxygen atoms in total. The number of aromatic hydroxyl groups is 2. The molecular weight excluding hydrogens is 599 g/mol. The Morgan fingerprint density at radius 2 is 0.864 bits per heavy atom. The summed E-state index contributed by atoms with van der Waals surface area (Å²) in [5.74, 6) is -0.658. The first-order chi connectivity index (χ1) is 21.3. The van der Waals surface area contributed by atoms with E-state index in [4.69, 9.17) is 23.2 Å². The molecule has 2 N–H and O–H groups in total. The number of nitrogens with zero attached hydrogens (tertiary/aromatic N) is 4. The van der Waals surface area contributed by atoms with E-state index < -0.39 is 10.5 Å². The van der Waals surface area contributed by atoms with Gasteiger partial charge in [-0.25, -0.2) is 0 Å². The number of carbonyl (C=O) groups excluding carboxylic acids is 2. The van der Waals surface area contributed by atoms with Crippen molar-refractivity contribution in [3.63, 3.8) is 0 Å². The fourth-order valence-electron chi connectivity index (χ4n) is 4.79. The Labute approximate surface area is 260 Å². The number of halogens is 2. The predicted octanol–water partition coefficient (Wildman–Crippen LogP) is 10.7. The monoisotopic (exact) mass is 618 g/mol. The number of benzene rings is 6. The normalized spacial score (nSPS) is 11.6. The molecule has 0 aliphatic heterocycles. The van der Waals surface area contributed by atoms with Crippen molar-refractivity contribution in [3.8, 4) is 22.6 Å². The number of azo groups is 2. The average molecular weight is 619 g/mol. The van der Waals surface area contributed by atoms with Crippen LogP contribution in [-0.4, -0.2) is 20.7 Å². The lowest BCUT2D eigenvalue weighted by Crippen LogP contribution is -1.90. The molecule has 214 valence electrons. The van der Waals surface area contributed by atoms with Crippen LogP contribution in [0.3, 0.4) is 0 Å². The summed E-state index contributed by atoms with van der Waals surface area (Å²) < 4.78 is 0. The van der Waals surface area contributed by atoms with Gasteiger partial charge in [-0.3, -0.25) is 9.59 Å². The Bertz CT molecular complexity index is 1990. The van der Waals surface area contributed by atoms with Crippen molar-refractivity contribution < 1.29 is 19.8 Å². The van der Waals surface area contributed by atoms with Crippen molar-refractivity contribution in [1.82, 2.24) is 0 Å². The van der Waals surface area contributed by atoms with Gasteiger partial charge in [0.15, 0.2) is 11.5 Å². The Morgan fingerprint density at radius 1 is 0.500 bits per heavy atom. The molecule has 0 saturated carbocycles. The lowest BCUT2D eigenvalue weighted by atomic mass is 10.0. The highest BCUT2D eigenvalue weighted by Gasteiger charge is 2.18. The molecule has 0 heterocycles. The van der Waals surface area contributed by atoms with Crippen LogP contribution in [-0.2, 0) is 0 Å². The Hall–Kier alpha value is -5.44. The lowest BCUT2D eigenvalue weighted by molar-refractivity contribution is 0.107. The van der Waals surface area contributed by atoms with Crippen LogP contribution in [0.5, 0.6) is 11.5 Å². The largest absolute Gasteiger partial charge is 0.505 e. The van der Waals surface area contributed by atoms with Crippen molar-refractivity contribution in [3.05, 3.63) is 120 Å². The summed E-state index contributed by atoms with van der Waals surface area (Å²) in [4.78, 5) is 23.6. The number of carbonyl (C=O) groups is 2. The van der Waals surface area contributed by atoms with Gasteiger partial charge in [0.25, 0.3) is 10.5 Å². The first-order valence-corrected chi connectivity index (χ1v) is 14.0. The van der Waals surface area contributed by atoms with Crippen LogP contribution in [0.2, 0.25) is 0 Å². The summed E-state index contributed by atoms with van der Waals surface area (Å²) in [6.45, 7) is 0. The SMILES string of the molecule is O=C(Cl)c1cc2ccccc2c(N=Nc2ccc(-c3ccc(N=Nc4c(O)c(C(=O)Cl)cc5ccccc45)cc3)cc2)c1O. The molecule has 0 atom stereocenters. The quantitative estimate of drug-likeness (QED) is 0.136. The zero-order valence-corrected chi connectivity index (χ0v) is 24.2. The first kappa shape index (κ1) is 28.7. The molecule has 6 aromatic carbocycles. The summed E-state index contributed by atoms with van der Waals surface area (Å²) >= 11 is 11.3. The van der Waals surface area contributed by atoms with E-state index in [0.29, 0.717) is 32.9 Å². The molecule has 6 rings (SSSR count). The Balaban J connectivity index is 1.23. The molecular formula is C34H20Cl2N4O4. The van der Waals surface area contributed by atoms with E-state index in [1.54, 1.807) is 60.7 Å². The summed E-state index contributed by atoms with van der Waals surface area (Å²) in [6, 6.07) is 32.0. The molecule has 0 aliphatic rings. The van der Waals surface area contributed by atoms with Gasteiger partial charge in [0.2, 0.25) is 0 Å². The first-order valence-electron chi connectivity index (χ1n) is 13.2. The highest BCUT2D eigenvalue weighted by atomic mass is 35.5. The van der Waals surface area contributed by atoms with E-state index in [1.807, 2.05) is 36.4 Å². The molecule has 0 aliphatic carbocycles. The van der Waals surface area contributed by atoms with Crippen molar-refractivity contribution in [2.75, 3.05) is 0 Å². The van der Waals surface area contributed by atoms with Gasteiger partial charge in [-0.15, -0.1) is 10.2 Å². The van der Waals surface area contributed by atoms with Crippen LogP contribution < -0.4 is 0 Å². The topological polar surface area (TPSA) is 124 Å². The third kappa shape index (κ3) is 5.64. The van der Waals surface area contributed by atoms with Gasteiger partial charge in [0.1, 0.15) is 11.4 Å². The molecule has 0 spiro atoms. The number of phenolic OH excluding ortho intramolecular Hbond substituents is 2. The van der Waals surface area contributed by atoms with Gasteiger partial charge in [-0.1, -0.05) is 72.8 Å². The molecule has 0 aromatic heterocycles. The minimum absolute atomic E-state index is 0.0401. The van der Waals surface area contributed by atoms with E-state index in [1.165, 1.54) is 12.1 Å². The highest BCUT2D eigenvalue weighted by molar-refractivity contribution is 6.68. The van der Waals surface area contributed by atoms with Gasteiger partial charge in [-0.05, 0) is 81.5 Å². The highest BCUT2D eigenvalue weighted by Crippen LogP contribution is 2.41. The second kappa shape index (κ2) is 12.0. The second-order valence-corrected chi connectivity index (χ2v) is 10.4. The molecule has 10 heteroatoms. The van der Waals surface area contributed by atoms with E-state index in [-0.39, 0.29) is 34.0 Å². The Morgan fingerprint density at radius 3 is 1.23 bits per heavy atom. The summed E-state index contributed by atoms with van der Waals surface area (Å²) in [7, 11) is 0. The van der Waals surface area contributed by atoms with Crippen LogP contribution in [0.4, 0.5) is 22.7 Å². The fraction of sp³-hybridized carbons (Fsp3) is 0. The minimum Gasteiger partial charge on any atom is -0.505 e. The summed E-state index contributed by atoms with van der Waals surface area (Å²) in [6.07, 6.45) is 0. The summed E-state index contributed by atoms with van der Waals surface area (Å²) in [5.41, 5.74) is 3.12. The zero-order valence-electron chi connectivity index (χ0n) is 22.6. The Kier molecular flexibility index (Phi) is 7.85. The molecule has 0 radical (unpaired) electrons. The van der Waals surface area contributed by atoms with Crippen molar-refractivity contribution in [2.24, 2.45) is 20.5 Å². The van der Waals surface area contributed by atoms with Crippen LogP contribution in [0.25, 0.3) is 32.7 Å². The molecule has 0 amide bonds. The average Bonchev–Trinajstić information content (AvgIpc) is 3.03. The second-order valence-electron chi connectivity index (χ2n) is 9.73. The lowest BCUT2D eigenvalue weighted by Gasteiger charge is -2.08. The third-order valence-electron chi connectivity index (χ3n) is 7.01. The number of hydrogen-bond acceptors (Lipinski definition) is 8. The van der Waals surface area contributed by atoms with Gasteiger partial charge < -0.3 is 10.2 Å². The van der Waals surface area contributed by atoms with Gasteiger partial charge >= 0.3 is 0 Å². The van der Waals surface area contributed by atoms with E-state index in [2.05, 4.69) is 20.5 Å². The smallest absolute Gasteiger partial charge is 0.256 e. The molecule has 0 fully saturated rings. The zero-order chi connectivity index (χ0) is 30.8. The molecule has 44 heavy (non-hydrogen) atoms. The third-order valence-corrected chi connectivity index (χ3v) is 7.42. The van der Waals surface area contributed by atoms with Gasteiger partial charge in [0, 0.05) is 10.8 Å². The van der Waals surface area contributed by atoms with Gasteiger partial charge in [-0.2, -0.15) is 10.2 Å². The van der Waals surface area contributed by atoms with Gasteiger partial charge in [0.05, 0.1) is 22.5 Å². The van der Waals surface area contributed by atoms with Crippen molar-refractivity contribution >= 4 is 78.0 Å². The maximum Gasteiger partial charge on any atom is 0.256 e. The van der Waals surface area contributed by atoms with Crippen LogP contribution in [0, 0.1) is 0 Å². The van der Waals surface area contributed by atoms with Crippen molar-refractivity contribution in [1.29, 1.82) is 0 Å². The van der Waals surface area contributed by atoms with Crippen LogP contribution in [0.1, 0.15) is 20.7 Å². The number of fused-ring (bicyclic) bond motifs is 2. The number of hydrogen-bond donors (Lipinski definition) is 2. The summed E-state index contributed by atoms with van der Waals surface area (Å²) in [5, 5.41) is 39.4. The van der Waals surface area contributed by atoms with Crippen LogP contribution >= 0.6 is 23.2 Å². The molecule has 6 aromatic rings. The molecule has 0 bridgehead atoms. The standard InChI is InChI=1S/C34H20Cl2N4O4/c35-33(43)27-17-21-5-1-3-7-25(21)29(31(27)41)39-37-23-13-9-19(10-14-23)20-11-15-24(16-12-20)38-40-30-26-8-4-2-6-22(26)18-28(32(30)42)34(36)44/h1-18,41-42H. The van der Waals surface area contributed by atoms with Crippen molar-refractivity contribution in [2.45, 2.75) is 0 Å². The number of phenols is 2. The maximum absolute atomic E-state index is 11.8. The van der Waals surface area contributed by atoms with E-state index in [9.17, 15) is 19.8 Å². The predicted molar refractivity (Wildman–Crippen MR) is 172 cm³/mol. The number of rotatable bonds is 7. The van der Waals surface area contributed by atoms with E-state index >= 15 is 0 Å². The fourth-order valence-corrected chi connectivity index (χ4v) is 5.08. The van der Waals surface area contributed by atoms with E-state index in [0.717, 1.165) is 11.1 Å². The molecule has 0 unspecified atom stereocenters. The maximum atomic E-state index is 11.8.